The molecular weight excluding hydrogens is 502 g/mol. The lowest BCUT2D eigenvalue weighted by molar-refractivity contribution is -0.121. The fourth-order valence-corrected chi connectivity index (χ4v) is 7.30. The number of piperidine rings is 1. The first kappa shape index (κ1) is 26.1. The van der Waals surface area contributed by atoms with E-state index in [0.29, 0.717) is 30.8 Å². The average Bonchev–Trinajstić information content (AvgIpc) is 3.46. The highest BCUT2D eigenvalue weighted by atomic mass is 32.2. The van der Waals surface area contributed by atoms with Crippen LogP contribution in [0, 0.1) is 26.7 Å². The maximum Gasteiger partial charge on any atom is 0.248 e. The van der Waals surface area contributed by atoms with Crippen LogP contribution in [0.5, 0.6) is 0 Å². The zero-order valence-electron chi connectivity index (χ0n) is 22.0. The van der Waals surface area contributed by atoms with Crippen LogP contribution in [0.1, 0.15) is 35.4 Å². The first-order chi connectivity index (χ1) is 18.2. The number of benzene rings is 2. The van der Waals surface area contributed by atoms with Crippen LogP contribution in [0.4, 0.5) is 11.4 Å². The summed E-state index contributed by atoms with van der Waals surface area (Å²) in [6.07, 6.45) is 1.68. The molecule has 2 amide bonds. The quantitative estimate of drug-likeness (QED) is 0.521. The molecule has 0 radical (unpaired) electrons. The minimum Gasteiger partial charge on any atom is -0.326 e. The Morgan fingerprint density at radius 1 is 0.974 bits per heavy atom. The van der Waals surface area contributed by atoms with Gasteiger partial charge in [-0.3, -0.25) is 14.3 Å². The van der Waals surface area contributed by atoms with Crippen LogP contribution in [-0.2, 0) is 32.6 Å². The Hall–Kier alpha value is -3.50. The van der Waals surface area contributed by atoms with Crippen LogP contribution in [-0.4, -0.2) is 54.0 Å². The van der Waals surface area contributed by atoms with E-state index in [9.17, 15) is 18.0 Å². The first-order valence-corrected chi connectivity index (χ1v) is 14.4. The predicted octanol–water partition coefficient (Wildman–Crippen LogP) is 3.44. The second kappa shape index (κ2) is 10.3. The van der Waals surface area contributed by atoms with Crippen LogP contribution >= 0.6 is 0 Å². The van der Waals surface area contributed by atoms with E-state index in [1.807, 2.05) is 55.5 Å². The molecule has 2 aromatic carbocycles. The van der Waals surface area contributed by atoms with Crippen LogP contribution < -0.4 is 10.2 Å². The van der Waals surface area contributed by atoms with Crippen LogP contribution in [0.15, 0.2) is 53.4 Å². The molecule has 200 valence electrons. The number of nitrogens with one attached hydrogen (secondary N) is 1. The number of carbonyl (C=O) groups excluding carboxylic acids is 2. The molecule has 9 nitrogen and oxygen atoms in total. The lowest BCUT2D eigenvalue weighted by Gasteiger charge is -2.30. The molecule has 2 aliphatic heterocycles. The SMILES string of the molecule is Cc1ccccc1NC(=O)C1CCN(S(=O)(=O)c2c(C)nn(CC(=O)N3CCc4ccccc43)c2C)CC1. The lowest BCUT2D eigenvalue weighted by Crippen LogP contribution is -2.41. The molecule has 1 N–H and O–H groups in total. The minimum absolute atomic E-state index is 0.0301. The number of para-hydroxylation sites is 2. The van der Waals surface area contributed by atoms with E-state index in [0.717, 1.165) is 28.9 Å². The molecule has 5 rings (SSSR count). The molecule has 1 saturated heterocycles. The number of carbonyl (C=O) groups is 2. The highest BCUT2D eigenvalue weighted by Gasteiger charge is 2.36. The van der Waals surface area contributed by atoms with Crippen molar-refractivity contribution in [2.75, 3.05) is 29.9 Å². The van der Waals surface area contributed by atoms with Gasteiger partial charge < -0.3 is 10.2 Å². The molecule has 2 aliphatic rings. The van der Waals surface area contributed by atoms with Gasteiger partial charge in [0.1, 0.15) is 11.4 Å². The first-order valence-electron chi connectivity index (χ1n) is 13.0. The lowest BCUT2D eigenvalue weighted by atomic mass is 9.97. The summed E-state index contributed by atoms with van der Waals surface area (Å²) in [4.78, 5) is 27.8. The summed E-state index contributed by atoms with van der Waals surface area (Å²) in [6.45, 7) is 6.37. The zero-order chi connectivity index (χ0) is 27.0. The van der Waals surface area contributed by atoms with Gasteiger partial charge in [0, 0.05) is 36.9 Å². The number of anilines is 2. The van der Waals surface area contributed by atoms with Gasteiger partial charge in [-0.05, 0) is 63.3 Å². The highest BCUT2D eigenvalue weighted by Crippen LogP contribution is 2.30. The van der Waals surface area contributed by atoms with E-state index in [2.05, 4.69) is 10.4 Å². The van der Waals surface area contributed by atoms with Gasteiger partial charge in [-0.15, -0.1) is 0 Å². The Morgan fingerprint density at radius 3 is 2.39 bits per heavy atom. The number of hydrogen-bond acceptors (Lipinski definition) is 5. The van der Waals surface area contributed by atoms with Crippen molar-refractivity contribution < 1.29 is 18.0 Å². The molecule has 1 aromatic heterocycles. The molecule has 0 saturated carbocycles. The number of rotatable bonds is 6. The van der Waals surface area contributed by atoms with Crippen LogP contribution in [0.2, 0.25) is 0 Å². The molecule has 0 unspecified atom stereocenters. The van der Waals surface area contributed by atoms with Crippen molar-refractivity contribution in [2.45, 2.75) is 51.5 Å². The van der Waals surface area contributed by atoms with Gasteiger partial charge in [0.15, 0.2) is 0 Å². The number of sulfonamides is 1. The third-order valence-corrected chi connectivity index (χ3v) is 9.77. The van der Waals surface area contributed by atoms with E-state index >= 15 is 0 Å². The maximum absolute atomic E-state index is 13.6. The molecule has 0 bridgehead atoms. The Balaban J connectivity index is 1.26. The van der Waals surface area contributed by atoms with Crippen molar-refractivity contribution in [3.63, 3.8) is 0 Å². The second-order valence-electron chi connectivity index (χ2n) is 10.1. The van der Waals surface area contributed by atoms with E-state index in [-0.39, 0.29) is 42.3 Å². The van der Waals surface area contributed by atoms with Crippen molar-refractivity contribution >= 4 is 33.2 Å². The summed E-state index contributed by atoms with van der Waals surface area (Å²) in [5, 5.41) is 7.41. The molecule has 3 aromatic rings. The van der Waals surface area contributed by atoms with E-state index in [1.54, 1.807) is 18.7 Å². The van der Waals surface area contributed by atoms with Crippen LogP contribution in [0.25, 0.3) is 0 Å². The Bertz CT molecular complexity index is 1490. The normalized spacial score (nSPS) is 16.4. The summed E-state index contributed by atoms with van der Waals surface area (Å²) < 4.78 is 30.2. The second-order valence-corrected chi connectivity index (χ2v) is 11.9. The average molecular weight is 536 g/mol. The maximum atomic E-state index is 13.6. The number of nitrogens with zero attached hydrogens (tertiary/aromatic N) is 4. The number of aryl methyl sites for hydroxylation is 2. The number of fused-ring (bicyclic) bond motifs is 1. The zero-order valence-corrected chi connectivity index (χ0v) is 22.8. The van der Waals surface area contributed by atoms with E-state index in [4.69, 9.17) is 0 Å². The summed E-state index contributed by atoms with van der Waals surface area (Å²) in [6, 6.07) is 15.4. The largest absolute Gasteiger partial charge is 0.326 e. The fourth-order valence-electron chi connectivity index (χ4n) is 5.45. The highest BCUT2D eigenvalue weighted by molar-refractivity contribution is 7.89. The number of aromatic nitrogens is 2. The molecule has 0 atom stereocenters. The summed E-state index contributed by atoms with van der Waals surface area (Å²) in [5.41, 5.74) is 4.61. The molecule has 10 heteroatoms. The van der Waals surface area contributed by atoms with E-state index in [1.165, 1.54) is 8.99 Å². The molecule has 0 aliphatic carbocycles. The van der Waals surface area contributed by atoms with Gasteiger partial charge in [-0.25, -0.2) is 8.42 Å². The molecule has 1 fully saturated rings. The Morgan fingerprint density at radius 2 is 1.66 bits per heavy atom. The number of hydrogen-bond donors (Lipinski definition) is 1. The van der Waals surface area contributed by atoms with Gasteiger partial charge in [0.25, 0.3) is 0 Å². The Kier molecular flexibility index (Phi) is 7.11. The molecule has 38 heavy (non-hydrogen) atoms. The summed E-state index contributed by atoms with van der Waals surface area (Å²) in [7, 11) is -3.83. The summed E-state index contributed by atoms with van der Waals surface area (Å²) in [5.74, 6) is -0.463. The van der Waals surface area contributed by atoms with Crippen molar-refractivity contribution in [3.8, 4) is 0 Å². The van der Waals surface area contributed by atoms with Crippen molar-refractivity contribution in [2.24, 2.45) is 5.92 Å². The van der Waals surface area contributed by atoms with E-state index < -0.39 is 10.0 Å². The third-order valence-electron chi connectivity index (χ3n) is 7.61. The predicted molar refractivity (Wildman–Crippen MR) is 145 cm³/mol. The van der Waals surface area contributed by atoms with Gasteiger partial charge in [0.05, 0.1) is 11.4 Å². The standard InChI is InChI=1S/C28H33N5O4S/c1-19-8-4-6-10-24(19)29-28(35)23-12-15-31(16-13-23)38(36,37)27-20(2)30-33(21(27)3)18-26(34)32-17-14-22-9-5-7-11-25(22)32/h4-11,23H,12-18H2,1-3H3,(H,29,35). The summed E-state index contributed by atoms with van der Waals surface area (Å²) >= 11 is 0. The minimum atomic E-state index is -3.83. The monoisotopic (exact) mass is 535 g/mol. The van der Waals surface area contributed by atoms with Crippen LogP contribution in [0.3, 0.4) is 0 Å². The topological polar surface area (TPSA) is 105 Å². The van der Waals surface area contributed by atoms with Crippen molar-refractivity contribution in [3.05, 3.63) is 71.0 Å². The van der Waals surface area contributed by atoms with Gasteiger partial charge in [-0.2, -0.15) is 9.40 Å². The van der Waals surface area contributed by atoms with Gasteiger partial charge >= 0.3 is 0 Å². The smallest absolute Gasteiger partial charge is 0.248 e. The molecule has 0 spiro atoms. The van der Waals surface area contributed by atoms with Crippen molar-refractivity contribution in [1.82, 2.24) is 14.1 Å². The fraction of sp³-hybridized carbons (Fsp3) is 0.393. The number of amides is 2. The van der Waals surface area contributed by atoms with Gasteiger partial charge in [-0.1, -0.05) is 36.4 Å². The molecule has 3 heterocycles. The Labute approximate surface area is 223 Å². The van der Waals surface area contributed by atoms with Crippen molar-refractivity contribution in [1.29, 1.82) is 0 Å². The third kappa shape index (κ3) is 4.86. The van der Waals surface area contributed by atoms with Gasteiger partial charge in [0.2, 0.25) is 21.8 Å². The molecular formula is C28H33N5O4S.